The Morgan fingerprint density at radius 1 is 1.43 bits per heavy atom. The molecule has 0 amide bonds. The number of nitrogens with zero attached hydrogens (tertiary/aromatic N) is 1. The topological polar surface area (TPSA) is 63.9 Å². The van der Waals surface area contributed by atoms with E-state index in [4.69, 9.17) is 10.5 Å². The number of imidazole rings is 1. The van der Waals surface area contributed by atoms with Gasteiger partial charge in [0.2, 0.25) is 0 Å². The van der Waals surface area contributed by atoms with E-state index in [0.29, 0.717) is 11.6 Å². The lowest BCUT2D eigenvalue weighted by molar-refractivity contribution is 0.444. The second kappa shape index (κ2) is 3.37. The molecule has 0 aliphatic rings. The van der Waals surface area contributed by atoms with Gasteiger partial charge < -0.3 is 10.5 Å². The van der Waals surface area contributed by atoms with E-state index in [-0.39, 0.29) is 11.8 Å². The summed E-state index contributed by atoms with van der Waals surface area (Å²) in [5.74, 6) is 0.415. The zero-order valence-corrected chi connectivity index (χ0v) is 7.20. The van der Waals surface area contributed by atoms with Crippen molar-refractivity contribution in [2.24, 2.45) is 0 Å². The molecule has 0 unspecified atom stereocenters. The van der Waals surface area contributed by atoms with Gasteiger partial charge in [0.15, 0.2) is 0 Å². The zero-order chi connectivity index (χ0) is 9.97. The Hall–Kier alpha value is -2.04. The van der Waals surface area contributed by atoms with E-state index in [1.54, 1.807) is 12.1 Å². The number of benzene rings is 1. The van der Waals surface area contributed by atoms with Crippen molar-refractivity contribution >= 4 is 5.82 Å². The molecule has 5 heteroatoms. The molecule has 72 valence electrons. The molecule has 1 aromatic heterocycles. The van der Waals surface area contributed by atoms with Crippen LogP contribution in [0.15, 0.2) is 30.5 Å². The van der Waals surface area contributed by atoms with Gasteiger partial charge in [-0.3, -0.25) is 4.98 Å². The molecule has 0 radical (unpaired) electrons. The number of H-pyrrole nitrogens is 1. The Balaban J connectivity index is 2.18. The standard InChI is InChI=1S/C9H8FN3O/c10-6-2-1-3-7(4-6)14-9-12-5-8(11)13-9/h1-5H,11H2,(H,12,13). The lowest BCUT2D eigenvalue weighted by Crippen LogP contribution is -1.87. The highest BCUT2D eigenvalue weighted by molar-refractivity contribution is 5.30. The van der Waals surface area contributed by atoms with E-state index < -0.39 is 0 Å². The van der Waals surface area contributed by atoms with Gasteiger partial charge >= 0.3 is 6.01 Å². The normalized spacial score (nSPS) is 10.1. The van der Waals surface area contributed by atoms with Crippen LogP contribution in [0.1, 0.15) is 0 Å². The maximum absolute atomic E-state index is 12.7. The molecule has 0 spiro atoms. The average Bonchev–Trinajstić information content (AvgIpc) is 2.51. The first-order valence-electron chi connectivity index (χ1n) is 3.98. The minimum atomic E-state index is -0.359. The SMILES string of the molecule is Nc1cnc(Oc2cccc(F)c2)[nH]1. The molecule has 1 aromatic carbocycles. The van der Waals surface area contributed by atoms with Crippen LogP contribution < -0.4 is 10.5 Å². The molecule has 0 aliphatic carbocycles. The van der Waals surface area contributed by atoms with Gasteiger partial charge in [0.25, 0.3) is 0 Å². The van der Waals surface area contributed by atoms with Crippen LogP contribution in [0.3, 0.4) is 0 Å². The van der Waals surface area contributed by atoms with Gasteiger partial charge in [-0.1, -0.05) is 6.07 Å². The predicted molar refractivity (Wildman–Crippen MR) is 49.5 cm³/mol. The number of anilines is 1. The first kappa shape index (κ1) is 8.55. The van der Waals surface area contributed by atoms with Crippen molar-refractivity contribution in [3.8, 4) is 11.8 Å². The third-order valence-electron chi connectivity index (χ3n) is 1.58. The van der Waals surface area contributed by atoms with E-state index in [2.05, 4.69) is 9.97 Å². The largest absolute Gasteiger partial charge is 0.426 e. The lowest BCUT2D eigenvalue weighted by atomic mass is 10.3. The molecular weight excluding hydrogens is 185 g/mol. The molecular formula is C9H8FN3O. The van der Waals surface area contributed by atoms with Gasteiger partial charge in [-0.15, -0.1) is 0 Å². The van der Waals surface area contributed by atoms with Crippen LogP contribution in [-0.4, -0.2) is 9.97 Å². The first-order valence-corrected chi connectivity index (χ1v) is 3.98. The van der Waals surface area contributed by atoms with Crippen molar-refractivity contribution in [3.05, 3.63) is 36.3 Å². The summed E-state index contributed by atoms with van der Waals surface area (Å²) in [6.07, 6.45) is 1.43. The number of nitrogens with one attached hydrogen (secondary N) is 1. The van der Waals surface area contributed by atoms with Crippen molar-refractivity contribution in [2.75, 3.05) is 5.73 Å². The van der Waals surface area contributed by atoms with Crippen molar-refractivity contribution in [1.82, 2.24) is 9.97 Å². The molecule has 0 bridgehead atoms. The van der Waals surface area contributed by atoms with Crippen LogP contribution in [0.25, 0.3) is 0 Å². The van der Waals surface area contributed by atoms with Gasteiger partial charge in [-0.25, -0.2) is 9.37 Å². The van der Waals surface area contributed by atoms with E-state index in [9.17, 15) is 4.39 Å². The molecule has 2 rings (SSSR count). The minimum Gasteiger partial charge on any atom is -0.426 e. The highest BCUT2D eigenvalue weighted by atomic mass is 19.1. The molecule has 1 heterocycles. The molecule has 2 aromatic rings. The average molecular weight is 193 g/mol. The van der Waals surface area contributed by atoms with Crippen molar-refractivity contribution in [1.29, 1.82) is 0 Å². The predicted octanol–water partition coefficient (Wildman–Crippen LogP) is 1.92. The highest BCUT2D eigenvalue weighted by Crippen LogP contribution is 2.19. The number of nitrogen functional groups attached to an aromatic ring is 1. The maximum atomic E-state index is 12.7. The number of hydrogen-bond acceptors (Lipinski definition) is 3. The maximum Gasteiger partial charge on any atom is 0.300 e. The number of nitrogens with two attached hydrogens (primary N) is 1. The van der Waals surface area contributed by atoms with Crippen LogP contribution in [0.4, 0.5) is 10.2 Å². The molecule has 0 fully saturated rings. The van der Waals surface area contributed by atoms with E-state index in [1.165, 1.54) is 18.3 Å². The Kier molecular flexibility index (Phi) is 2.06. The van der Waals surface area contributed by atoms with Crippen LogP contribution in [0.5, 0.6) is 11.8 Å². The quantitative estimate of drug-likeness (QED) is 0.765. The number of ether oxygens (including phenoxy) is 1. The number of aromatic amines is 1. The number of aromatic nitrogens is 2. The summed E-state index contributed by atoms with van der Waals surface area (Å²) < 4.78 is 17.9. The number of hydrogen-bond donors (Lipinski definition) is 2. The second-order valence-electron chi connectivity index (χ2n) is 2.70. The van der Waals surface area contributed by atoms with Gasteiger partial charge in [-0.05, 0) is 12.1 Å². The third-order valence-corrected chi connectivity index (χ3v) is 1.58. The van der Waals surface area contributed by atoms with E-state index >= 15 is 0 Å². The Morgan fingerprint density at radius 3 is 2.93 bits per heavy atom. The Morgan fingerprint density at radius 2 is 2.29 bits per heavy atom. The first-order chi connectivity index (χ1) is 6.74. The summed E-state index contributed by atoms with van der Waals surface area (Å²) in [6.45, 7) is 0. The van der Waals surface area contributed by atoms with Crippen molar-refractivity contribution < 1.29 is 9.13 Å². The van der Waals surface area contributed by atoms with Crippen LogP contribution in [-0.2, 0) is 0 Å². The molecule has 0 atom stereocenters. The molecule has 0 aliphatic heterocycles. The summed E-state index contributed by atoms with van der Waals surface area (Å²) in [5.41, 5.74) is 5.39. The molecule has 3 N–H and O–H groups in total. The van der Waals surface area contributed by atoms with Crippen molar-refractivity contribution in [3.63, 3.8) is 0 Å². The van der Waals surface area contributed by atoms with Gasteiger partial charge in [0, 0.05) is 6.07 Å². The fourth-order valence-electron chi connectivity index (χ4n) is 1.01. The van der Waals surface area contributed by atoms with Crippen LogP contribution in [0, 0.1) is 5.82 Å². The zero-order valence-electron chi connectivity index (χ0n) is 7.20. The summed E-state index contributed by atoms with van der Waals surface area (Å²) in [4.78, 5) is 6.48. The summed E-state index contributed by atoms with van der Waals surface area (Å²) in [6, 6.07) is 6.02. The second-order valence-corrected chi connectivity index (χ2v) is 2.70. The molecule has 4 nitrogen and oxygen atoms in total. The van der Waals surface area contributed by atoms with E-state index in [0.717, 1.165) is 0 Å². The summed E-state index contributed by atoms with van der Waals surface area (Å²) >= 11 is 0. The highest BCUT2D eigenvalue weighted by Gasteiger charge is 2.01. The van der Waals surface area contributed by atoms with Gasteiger partial charge in [0.05, 0.1) is 6.20 Å². The third kappa shape index (κ3) is 1.82. The summed E-state index contributed by atoms with van der Waals surface area (Å²) in [7, 11) is 0. The number of rotatable bonds is 2. The van der Waals surface area contributed by atoms with Gasteiger partial charge in [0.1, 0.15) is 17.4 Å². The van der Waals surface area contributed by atoms with Crippen LogP contribution in [0.2, 0.25) is 0 Å². The fraction of sp³-hybridized carbons (Fsp3) is 0. The van der Waals surface area contributed by atoms with E-state index in [1.807, 2.05) is 0 Å². The van der Waals surface area contributed by atoms with Gasteiger partial charge in [-0.2, -0.15) is 0 Å². The van der Waals surface area contributed by atoms with Crippen molar-refractivity contribution in [2.45, 2.75) is 0 Å². The Bertz CT molecular complexity index is 441. The van der Waals surface area contributed by atoms with Crippen LogP contribution >= 0.6 is 0 Å². The molecule has 0 saturated heterocycles. The summed E-state index contributed by atoms with van der Waals surface area (Å²) in [5, 5.41) is 0. The minimum absolute atomic E-state index is 0.244. The monoisotopic (exact) mass is 193 g/mol. The molecule has 0 saturated carbocycles. The fourth-order valence-corrected chi connectivity index (χ4v) is 1.01. The number of halogens is 1. The smallest absolute Gasteiger partial charge is 0.300 e. The Labute approximate surface area is 79.5 Å². The molecule has 14 heavy (non-hydrogen) atoms. The lowest BCUT2D eigenvalue weighted by Gasteiger charge is -2.00.